The molecule has 13 heteroatoms. The highest BCUT2D eigenvalue weighted by Gasteiger charge is 2.54. The summed E-state index contributed by atoms with van der Waals surface area (Å²) in [5.74, 6) is -1.38. The van der Waals surface area contributed by atoms with E-state index in [0.29, 0.717) is 31.5 Å². The number of rotatable bonds is 6. The molecule has 3 heterocycles. The number of H-pyrrole nitrogens is 1. The molecule has 1 saturated heterocycles. The molecule has 3 N–H and O–H groups in total. The number of ether oxygens (including phenoxy) is 1. The van der Waals surface area contributed by atoms with Crippen molar-refractivity contribution in [3.05, 3.63) is 29.8 Å². The van der Waals surface area contributed by atoms with Crippen molar-refractivity contribution in [2.75, 3.05) is 13.7 Å². The van der Waals surface area contributed by atoms with E-state index in [0.717, 1.165) is 6.20 Å². The maximum Gasteiger partial charge on any atom is 0.417 e. The van der Waals surface area contributed by atoms with Crippen LogP contribution in [0.2, 0.25) is 0 Å². The number of nitrogens with zero attached hydrogens (tertiary/aromatic N) is 3. The first kappa shape index (κ1) is 27.8. The third-order valence-electron chi connectivity index (χ3n) is 7.63. The van der Waals surface area contributed by atoms with Crippen molar-refractivity contribution in [1.29, 1.82) is 0 Å². The second kappa shape index (κ2) is 10.9. The van der Waals surface area contributed by atoms with Crippen LogP contribution < -0.4 is 10.1 Å². The van der Waals surface area contributed by atoms with Crippen molar-refractivity contribution < 1.29 is 37.0 Å². The highest BCUT2D eigenvalue weighted by atomic mass is 19.4. The van der Waals surface area contributed by atoms with Crippen molar-refractivity contribution >= 4 is 11.8 Å². The number of aromatic amines is 1. The molecule has 2 aromatic rings. The smallest absolute Gasteiger partial charge is 0.417 e. The van der Waals surface area contributed by atoms with Crippen LogP contribution in [0.15, 0.2) is 18.3 Å². The summed E-state index contributed by atoms with van der Waals surface area (Å²) in [5, 5.41) is 19.4. The number of hydrogen-bond acceptors (Lipinski definition) is 6. The molecule has 2 atom stereocenters. The van der Waals surface area contributed by atoms with Crippen LogP contribution in [0.25, 0.3) is 11.3 Å². The Labute approximate surface area is 217 Å². The highest BCUT2D eigenvalue weighted by Crippen LogP contribution is 2.41. The lowest BCUT2D eigenvalue weighted by Gasteiger charge is -2.40. The number of carbonyl (C=O) groups excluding carboxylic acids is 2. The number of aromatic nitrogens is 3. The lowest BCUT2D eigenvalue weighted by Crippen LogP contribution is -2.53. The highest BCUT2D eigenvalue weighted by molar-refractivity contribution is 5.94. The molecule has 1 aliphatic heterocycles. The van der Waals surface area contributed by atoms with Crippen LogP contribution in [0.5, 0.6) is 5.88 Å². The maximum atomic E-state index is 14.3. The lowest BCUT2D eigenvalue weighted by atomic mass is 9.81. The van der Waals surface area contributed by atoms with E-state index in [1.165, 1.54) is 19.2 Å². The molecule has 2 fully saturated rings. The summed E-state index contributed by atoms with van der Waals surface area (Å²) in [5.41, 5.74) is -2.15. The number of hydrogen-bond donors (Lipinski definition) is 3. The number of piperidine rings is 1. The Hall–Kier alpha value is -3.22. The zero-order valence-corrected chi connectivity index (χ0v) is 21.1. The van der Waals surface area contributed by atoms with Crippen molar-refractivity contribution in [2.24, 2.45) is 5.92 Å². The summed E-state index contributed by atoms with van der Waals surface area (Å²) in [6, 6.07) is 2.18. The summed E-state index contributed by atoms with van der Waals surface area (Å²) >= 11 is 0. The van der Waals surface area contributed by atoms with Crippen LogP contribution in [0.4, 0.5) is 17.6 Å². The van der Waals surface area contributed by atoms with Crippen LogP contribution in [0.3, 0.4) is 0 Å². The molecule has 0 bridgehead atoms. The van der Waals surface area contributed by atoms with Gasteiger partial charge >= 0.3 is 6.18 Å². The fourth-order valence-corrected chi connectivity index (χ4v) is 5.24. The van der Waals surface area contributed by atoms with Gasteiger partial charge in [-0.25, -0.2) is 9.37 Å². The summed E-state index contributed by atoms with van der Waals surface area (Å²) in [7, 11) is 1.41. The Morgan fingerprint density at radius 1 is 1.26 bits per heavy atom. The zero-order valence-electron chi connectivity index (χ0n) is 21.1. The average Bonchev–Trinajstić information content (AvgIpc) is 3.39. The largest absolute Gasteiger partial charge is 0.481 e. The van der Waals surface area contributed by atoms with Gasteiger partial charge in [-0.2, -0.15) is 18.3 Å². The van der Waals surface area contributed by atoms with Gasteiger partial charge in [0.2, 0.25) is 11.8 Å². The van der Waals surface area contributed by atoms with Crippen molar-refractivity contribution in [3.63, 3.8) is 0 Å². The molecule has 2 aliphatic rings. The second-order valence-electron chi connectivity index (χ2n) is 9.97. The predicted octanol–water partition coefficient (Wildman–Crippen LogP) is 3.60. The number of aliphatic hydroxyl groups is 1. The molecule has 0 unspecified atom stereocenters. The van der Waals surface area contributed by atoms with Crippen molar-refractivity contribution in [3.8, 4) is 17.1 Å². The number of pyridine rings is 1. The van der Waals surface area contributed by atoms with Gasteiger partial charge in [-0.05, 0) is 51.0 Å². The molecule has 0 radical (unpaired) electrons. The van der Waals surface area contributed by atoms with Crippen LogP contribution in [0, 0.1) is 11.7 Å². The Kier molecular flexibility index (Phi) is 7.96. The molecular formula is C25H31F4N5O4. The van der Waals surface area contributed by atoms with Gasteiger partial charge in [0.05, 0.1) is 19.0 Å². The Balaban J connectivity index is 1.36. The van der Waals surface area contributed by atoms with Crippen molar-refractivity contribution in [2.45, 2.75) is 75.7 Å². The summed E-state index contributed by atoms with van der Waals surface area (Å²) in [6.07, 6.45) is -3.11. The van der Waals surface area contributed by atoms with Crippen LogP contribution in [-0.2, 0) is 4.79 Å². The minimum absolute atomic E-state index is 0.0434. The van der Waals surface area contributed by atoms with E-state index in [1.54, 1.807) is 4.90 Å². The molecule has 0 spiro atoms. The molecular weight excluding hydrogens is 510 g/mol. The number of halogens is 4. The summed E-state index contributed by atoms with van der Waals surface area (Å²) in [4.78, 5) is 31.6. The maximum absolute atomic E-state index is 14.3. The molecule has 208 valence electrons. The Morgan fingerprint density at radius 3 is 2.61 bits per heavy atom. The minimum atomic E-state index is -4.69. The van der Waals surface area contributed by atoms with E-state index >= 15 is 0 Å². The molecule has 9 nitrogen and oxygen atoms in total. The van der Waals surface area contributed by atoms with Gasteiger partial charge in [-0.15, -0.1) is 0 Å². The van der Waals surface area contributed by atoms with Gasteiger partial charge in [0.15, 0.2) is 17.1 Å². The fraction of sp³-hybridized carbons (Fsp3) is 0.600. The number of alkyl halides is 3. The molecule has 4 rings (SSSR count). The monoisotopic (exact) mass is 541 g/mol. The Morgan fingerprint density at radius 2 is 1.97 bits per heavy atom. The zero-order chi connectivity index (χ0) is 27.7. The molecule has 38 heavy (non-hydrogen) atoms. The molecule has 1 aliphatic carbocycles. The van der Waals surface area contributed by atoms with E-state index < -0.39 is 36.5 Å². The topological polar surface area (TPSA) is 120 Å². The van der Waals surface area contributed by atoms with Crippen LogP contribution >= 0.6 is 0 Å². The molecule has 2 aromatic heterocycles. The standard InChI is InChI=1S/C25H31F4N5O4/c1-3-16-10-14(22(35)31-15-4-7-24(37,8-5-15)25(27,28)29)6-9-34(16)23(36)20-12-19(32-33-20)17-11-21(38-2)30-13-18(17)26/h11-16,37H,3-10H2,1-2H3,(H,31,35)(H,32,33)/t14-,15-,16-,24-/m0/s1. The van der Waals surface area contributed by atoms with Crippen LogP contribution in [0.1, 0.15) is 62.4 Å². The normalized spacial score (nSPS) is 26.2. The average molecular weight is 542 g/mol. The summed E-state index contributed by atoms with van der Waals surface area (Å²) < 4.78 is 58.5. The van der Waals surface area contributed by atoms with Crippen LogP contribution in [-0.4, -0.2) is 74.5 Å². The van der Waals surface area contributed by atoms with Crippen molar-refractivity contribution in [1.82, 2.24) is 25.4 Å². The first-order valence-electron chi connectivity index (χ1n) is 12.6. The minimum Gasteiger partial charge on any atom is -0.481 e. The molecule has 1 saturated carbocycles. The van der Waals surface area contributed by atoms with E-state index in [4.69, 9.17) is 4.74 Å². The quantitative estimate of drug-likeness (QED) is 0.481. The SMILES string of the molecule is CC[C@H]1C[C@@H](C(=O)N[C@H]2CC[C@@](O)(C(F)(F)F)CC2)CCN1C(=O)c1cc(-c2cc(OC)ncc2F)[nH]n1. The Bertz CT molecular complexity index is 1160. The van der Waals surface area contributed by atoms with E-state index in [2.05, 4.69) is 20.5 Å². The van der Waals surface area contributed by atoms with Gasteiger partial charge < -0.3 is 20.1 Å². The first-order chi connectivity index (χ1) is 18.0. The third-order valence-corrected chi connectivity index (χ3v) is 7.63. The van der Waals surface area contributed by atoms with Gasteiger partial charge in [0, 0.05) is 36.2 Å². The lowest BCUT2D eigenvalue weighted by molar-refractivity contribution is -0.270. The number of nitrogens with one attached hydrogen (secondary N) is 2. The second-order valence-corrected chi connectivity index (χ2v) is 9.97. The summed E-state index contributed by atoms with van der Waals surface area (Å²) in [6.45, 7) is 2.20. The van der Waals surface area contributed by atoms with Gasteiger partial charge in [-0.3, -0.25) is 14.7 Å². The van der Waals surface area contributed by atoms with E-state index in [1.807, 2.05) is 6.92 Å². The predicted molar refractivity (Wildman–Crippen MR) is 128 cm³/mol. The van der Waals surface area contributed by atoms with E-state index in [9.17, 15) is 32.3 Å². The number of likely N-dealkylation sites (tertiary alicyclic amines) is 1. The fourth-order valence-electron chi connectivity index (χ4n) is 5.24. The van der Waals surface area contributed by atoms with E-state index in [-0.39, 0.29) is 53.8 Å². The van der Waals surface area contributed by atoms with Gasteiger partial charge in [0.1, 0.15) is 0 Å². The van der Waals surface area contributed by atoms with Gasteiger partial charge in [-0.1, -0.05) is 6.92 Å². The molecule has 0 aromatic carbocycles. The molecule has 2 amide bonds. The van der Waals surface area contributed by atoms with Gasteiger partial charge in [0.25, 0.3) is 5.91 Å². The number of amides is 2. The third kappa shape index (κ3) is 5.62. The first-order valence-corrected chi connectivity index (χ1v) is 12.6. The number of carbonyl (C=O) groups is 2. The number of methoxy groups -OCH3 is 1.